The summed E-state index contributed by atoms with van der Waals surface area (Å²) >= 11 is 0. The zero-order chi connectivity index (χ0) is 13.7. The van der Waals surface area contributed by atoms with Crippen LogP contribution in [0.4, 0.5) is 5.88 Å². The van der Waals surface area contributed by atoms with E-state index in [2.05, 4.69) is 6.58 Å². The third-order valence-electron chi connectivity index (χ3n) is 1.95. The van der Waals surface area contributed by atoms with Crippen LogP contribution in [0.5, 0.6) is 0 Å². The van der Waals surface area contributed by atoms with E-state index in [-0.39, 0.29) is 12.3 Å². The van der Waals surface area contributed by atoms with Crippen molar-refractivity contribution < 1.29 is 24.0 Å². The molecule has 1 amide bonds. The molecule has 0 saturated heterocycles. The number of nitrogens with zero attached hydrogens (tertiary/aromatic N) is 2. The second kappa shape index (κ2) is 5.62. The Morgan fingerprint density at radius 2 is 2.22 bits per heavy atom. The Kier molecular flexibility index (Phi) is 4.19. The van der Waals surface area contributed by atoms with Gasteiger partial charge in [0.2, 0.25) is 0 Å². The molecule has 1 heterocycles. The monoisotopic (exact) mass is 254 g/mol. The first kappa shape index (κ1) is 13.4. The number of carboxylic acid groups (broad SMARTS) is 1. The van der Waals surface area contributed by atoms with Gasteiger partial charge in [-0.1, -0.05) is 6.08 Å². The van der Waals surface area contributed by atoms with Crippen LogP contribution in [0.2, 0.25) is 0 Å². The van der Waals surface area contributed by atoms with Crippen LogP contribution in [0, 0.1) is 10.1 Å². The van der Waals surface area contributed by atoms with Crippen LogP contribution in [-0.4, -0.2) is 39.9 Å². The first-order valence-electron chi connectivity index (χ1n) is 4.82. The molecule has 0 aliphatic heterocycles. The van der Waals surface area contributed by atoms with Crippen molar-refractivity contribution in [3.8, 4) is 0 Å². The van der Waals surface area contributed by atoms with E-state index in [1.54, 1.807) is 0 Å². The first-order valence-corrected chi connectivity index (χ1v) is 4.82. The van der Waals surface area contributed by atoms with Gasteiger partial charge in [0.25, 0.3) is 5.91 Å². The number of carbonyl (C=O) groups is 2. The maximum atomic E-state index is 11.8. The summed E-state index contributed by atoms with van der Waals surface area (Å²) in [4.78, 5) is 32.9. The highest BCUT2D eigenvalue weighted by Crippen LogP contribution is 2.17. The number of hydrogen-bond donors (Lipinski definition) is 1. The number of furan rings is 1. The van der Waals surface area contributed by atoms with Crippen molar-refractivity contribution in [3.05, 3.63) is 40.7 Å². The van der Waals surface area contributed by atoms with Gasteiger partial charge in [-0.15, -0.1) is 6.58 Å². The Hall–Kier alpha value is -2.64. The Morgan fingerprint density at radius 1 is 1.56 bits per heavy atom. The summed E-state index contributed by atoms with van der Waals surface area (Å²) in [7, 11) is 0. The number of aliphatic carboxylic acids is 1. The van der Waals surface area contributed by atoms with Crippen molar-refractivity contribution in [2.24, 2.45) is 0 Å². The molecule has 0 bridgehead atoms. The average Bonchev–Trinajstić information content (AvgIpc) is 2.76. The zero-order valence-corrected chi connectivity index (χ0v) is 9.24. The number of rotatable bonds is 6. The number of carbonyl (C=O) groups excluding carboxylic acids is 1. The van der Waals surface area contributed by atoms with Gasteiger partial charge in [0.15, 0.2) is 5.76 Å². The minimum Gasteiger partial charge on any atom is -0.480 e. The SMILES string of the molecule is C=CCN(CC(=O)O)C(=O)c1ccc([N+](=O)[O-])o1. The molecule has 1 aromatic heterocycles. The second-order valence-electron chi connectivity index (χ2n) is 3.26. The third kappa shape index (κ3) is 3.17. The van der Waals surface area contributed by atoms with Gasteiger partial charge in [-0.2, -0.15) is 0 Å². The lowest BCUT2D eigenvalue weighted by molar-refractivity contribution is -0.402. The molecule has 0 fully saturated rings. The highest BCUT2D eigenvalue weighted by atomic mass is 16.6. The smallest absolute Gasteiger partial charge is 0.433 e. The number of hydrogen-bond acceptors (Lipinski definition) is 5. The summed E-state index contributed by atoms with van der Waals surface area (Å²) in [6, 6.07) is 2.15. The van der Waals surface area contributed by atoms with E-state index >= 15 is 0 Å². The molecule has 8 nitrogen and oxygen atoms in total. The fourth-order valence-electron chi connectivity index (χ4n) is 1.23. The largest absolute Gasteiger partial charge is 0.480 e. The average molecular weight is 254 g/mol. The van der Waals surface area contributed by atoms with Gasteiger partial charge < -0.3 is 14.4 Å². The van der Waals surface area contributed by atoms with E-state index in [1.165, 1.54) is 6.08 Å². The minimum absolute atomic E-state index is 0.000366. The summed E-state index contributed by atoms with van der Waals surface area (Å²) in [5, 5.41) is 19.0. The summed E-state index contributed by atoms with van der Waals surface area (Å²) < 4.78 is 4.70. The van der Waals surface area contributed by atoms with E-state index in [0.717, 1.165) is 17.0 Å². The van der Waals surface area contributed by atoms with E-state index in [9.17, 15) is 19.7 Å². The molecule has 0 saturated carbocycles. The van der Waals surface area contributed by atoms with Crippen LogP contribution >= 0.6 is 0 Å². The molecule has 0 aliphatic carbocycles. The van der Waals surface area contributed by atoms with Crippen LogP contribution in [0.3, 0.4) is 0 Å². The van der Waals surface area contributed by atoms with Crippen LogP contribution in [0.15, 0.2) is 29.2 Å². The number of carboxylic acids is 1. The van der Waals surface area contributed by atoms with Crippen molar-refractivity contribution in [2.75, 3.05) is 13.1 Å². The van der Waals surface area contributed by atoms with Crippen molar-refractivity contribution in [2.45, 2.75) is 0 Å². The molecular weight excluding hydrogens is 244 g/mol. The van der Waals surface area contributed by atoms with Crippen molar-refractivity contribution in [3.63, 3.8) is 0 Å². The highest BCUT2D eigenvalue weighted by Gasteiger charge is 2.23. The molecule has 0 atom stereocenters. The molecule has 96 valence electrons. The Labute approximate surface area is 101 Å². The van der Waals surface area contributed by atoms with Crippen LogP contribution < -0.4 is 0 Å². The summed E-state index contributed by atoms with van der Waals surface area (Å²) in [5.74, 6) is -2.81. The van der Waals surface area contributed by atoms with Crippen LogP contribution in [0.25, 0.3) is 0 Å². The van der Waals surface area contributed by atoms with E-state index < -0.39 is 29.2 Å². The lowest BCUT2D eigenvalue weighted by Crippen LogP contribution is -2.35. The predicted molar refractivity (Wildman–Crippen MR) is 59.1 cm³/mol. The normalized spacial score (nSPS) is 9.78. The van der Waals surface area contributed by atoms with Crippen molar-refractivity contribution >= 4 is 17.8 Å². The number of amides is 1. The second-order valence-corrected chi connectivity index (χ2v) is 3.26. The molecule has 0 spiro atoms. The first-order chi connectivity index (χ1) is 8.45. The summed E-state index contributed by atoms with van der Waals surface area (Å²) in [6.45, 7) is 2.85. The van der Waals surface area contributed by atoms with Gasteiger partial charge >= 0.3 is 11.9 Å². The maximum absolute atomic E-state index is 11.8. The third-order valence-corrected chi connectivity index (χ3v) is 1.95. The molecule has 0 aromatic carbocycles. The Balaban J connectivity index is 2.90. The van der Waals surface area contributed by atoms with Crippen molar-refractivity contribution in [1.82, 2.24) is 4.90 Å². The fourth-order valence-corrected chi connectivity index (χ4v) is 1.23. The minimum atomic E-state index is -1.20. The van der Waals surface area contributed by atoms with Gasteiger partial charge in [-0.05, 0) is 6.07 Å². The molecule has 0 aliphatic rings. The topological polar surface area (TPSA) is 114 Å². The maximum Gasteiger partial charge on any atom is 0.433 e. The van der Waals surface area contributed by atoms with Gasteiger partial charge in [0.05, 0.1) is 6.07 Å². The molecule has 0 unspecified atom stereocenters. The van der Waals surface area contributed by atoms with Gasteiger partial charge in [0.1, 0.15) is 11.5 Å². The van der Waals surface area contributed by atoms with Crippen LogP contribution in [0.1, 0.15) is 10.6 Å². The summed E-state index contributed by atoms with van der Waals surface area (Å²) in [5.41, 5.74) is 0. The molecule has 1 N–H and O–H groups in total. The lowest BCUT2D eigenvalue weighted by Gasteiger charge is -2.16. The van der Waals surface area contributed by atoms with Crippen LogP contribution in [-0.2, 0) is 4.79 Å². The van der Waals surface area contributed by atoms with Gasteiger partial charge in [-0.25, -0.2) is 0 Å². The van der Waals surface area contributed by atoms with E-state index in [4.69, 9.17) is 9.52 Å². The van der Waals surface area contributed by atoms with Gasteiger partial charge in [-0.3, -0.25) is 19.7 Å². The molecule has 1 aromatic rings. The lowest BCUT2D eigenvalue weighted by atomic mass is 10.3. The fraction of sp³-hybridized carbons (Fsp3) is 0.200. The zero-order valence-electron chi connectivity index (χ0n) is 9.24. The molecule has 0 radical (unpaired) electrons. The molecule has 8 heteroatoms. The van der Waals surface area contributed by atoms with E-state index in [1.807, 2.05) is 0 Å². The summed E-state index contributed by atoms with van der Waals surface area (Å²) in [6.07, 6.45) is 1.35. The standard InChI is InChI=1S/C10H10N2O6/c1-2-5-11(6-9(13)14)10(15)7-3-4-8(18-7)12(16)17/h2-4H,1,5-6H2,(H,13,14). The van der Waals surface area contributed by atoms with Gasteiger partial charge in [0, 0.05) is 6.54 Å². The van der Waals surface area contributed by atoms with E-state index in [0.29, 0.717) is 0 Å². The Bertz CT molecular complexity index is 492. The predicted octanol–water partition coefficient (Wildman–Crippen LogP) is 0.901. The Morgan fingerprint density at radius 3 is 2.67 bits per heavy atom. The molecule has 18 heavy (non-hydrogen) atoms. The number of nitro groups is 1. The van der Waals surface area contributed by atoms with Crippen molar-refractivity contribution in [1.29, 1.82) is 0 Å². The molecular formula is C10H10N2O6. The highest BCUT2D eigenvalue weighted by molar-refractivity contribution is 5.93. The molecule has 1 rings (SSSR count). The quantitative estimate of drug-likeness (QED) is 0.458.